The van der Waals surface area contributed by atoms with E-state index in [0.717, 1.165) is 12.1 Å². The van der Waals surface area contributed by atoms with Crippen molar-refractivity contribution in [3.8, 4) is 0 Å². The number of hydrogen-bond donors (Lipinski definition) is 1. The van der Waals surface area contributed by atoms with Gasteiger partial charge < -0.3 is 5.73 Å². The van der Waals surface area contributed by atoms with E-state index in [0.29, 0.717) is 6.54 Å². The molecule has 4 nitrogen and oxygen atoms in total. The van der Waals surface area contributed by atoms with E-state index in [2.05, 4.69) is 4.98 Å². The van der Waals surface area contributed by atoms with Gasteiger partial charge in [-0.1, -0.05) is 13.8 Å². The van der Waals surface area contributed by atoms with Gasteiger partial charge in [-0.3, -0.25) is 9.36 Å². The SMILES string of the molecule is CC(C)C(=O)n1cnc(CCN)c1. The van der Waals surface area contributed by atoms with Crippen molar-refractivity contribution in [1.29, 1.82) is 0 Å². The van der Waals surface area contributed by atoms with Crippen LogP contribution in [0.3, 0.4) is 0 Å². The summed E-state index contributed by atoms with van der Waals surface area (Å²) in [6.07, 6.45) is 4.01. The lowest BCUT2D eigenvalue weighted by molar-refractivity contribution is 0.0855. The lowest BCUT2D eigenvalue weighted by Crippen LogP contribution is -2.14. The third-order valence-corrected chi connectivity index (χ3v) is 1.78. The molecule has 0 saturated carbocycles. The van der Waals surface area contributed by atoms with E-state index >= 15 is 0 Å². The fourth-order valence-electron chi connectivity index (χ4n) is 1.06. The third kappa shape index (κ3) is 2.39. The Morgan fingerprint density at radius 1 is 1.69 bits per heavy atom. The molecular formula is C9H15N3O. The predicted molar refractivity (Wildman–Crippen MR) is 50.4 cm³/mol. The molecule has 0 fully saturated rings. The highest BCUT2D eigenvalue weighted by molar-refractivity contribution is 5.80. The number of nitrogens with two attached hydrogens (primary N) is 1. The Hall–Kier alpha value is -1.16. The summed E-state index contributed by atoms with van der Waals surface area (Å²) >= 11 is 0. The summed E-state index contributed by atoms with van der Waals surface area (Å²) < 4.78 is 1.52. The Morgan fingerprint density at radius 2 is 2.38 bits per heavy atom. The minimum atomic E-state index is -0.0000680. The molecule has 1 heterocycles. The van der Waals surface area contributed by atoms with Crippen molar-refractivity contribution in [3.05, 3.63) is 18.2 Å². The maximum Gasteiger partial charge on any atom is 0.234 e. The molecule has 0 amide bonds. The first-order valence-electron chi connectivity index (χ1n) is 4.42. The van der Waals surface area contributed by atoms with Gasteiger partial charge in [-0.15, -0.1) is 0 Å². The van der Waals surface area contributed by atoms with Gasteiger partial charge in [0.1, 0.15) is 6.33 Å². The van der Waals surface area contributed by atoms with Crippen LogP contribution >= 0.6 is 0 Å². The Bertz CT molecular complexity index is 291. The Labute approximate surface area is 77.8 Å². The zero-order valence-corrected chi connectivity index (χ0v) is 8.03. The molecule has 0 aromatic carbocycles. The van der Waals surface area contributed by atoms with Crippen molar-refractivity contribution >= 4 is 5.91 Å². The molecule has 0 radical (unpaired) electrons. The fourth-order valence-corrected chi connectivity index (χ4v) is 1.06. The second-order valence-corrected chi connectivity index (χ2v) is 3.30. The molecule has 0 spiro atoms. The molecule has 0 unspecified atom stereocenters. The van der Waals surface area contributed by atoms with Crippen molar-refractivity contribution < 1.29 is 4.79 Å². The van der Waals surface area contributed by atoms with Gasteiger partial charge >= 0.3 is 0 Å². The first kappa shape index (κ1) is 9.92. The molecule has 72 valence electrons. The monoisotopic (exact) mass is 181 g/mol. The van der Waals surface area contributed by atoms with Gasteiger partial charge in [-0.25, -0.2) is 4.98 Å². The van der Waals surface area contributed by atoms with Crippen molar-refractivity contribution in [1.82, 2.24) is 9.55 Å². The van der Waals surface area contributed by atoms with Crippen molar-refractivity contribution in [2.45, 2.75) is 20.3 Å². The maximum absolute atomic E-state index is 11.5. The molecule has 1 rings (SSSR count). The summed E-state index contributed by atoms with van der Waals surface area (Å²) in [5, 5.41) is 0. The lowest BCUT2D eigenvalue weighted by atomic mass is 10.2. The summed E-state index contributed by atoms with van der Waals surface area (Å²) in [6, 6.07) is 0. The molecule has 0 aliphatic rings. The number of hydrogen-bond acceptors (Lipinski definition) is 3. The standard InChI is InChI=1S/C9H15N3O/c1-7(2)9(13)12-5-8(3-4-10)11-6-12/h5-7H,3-4,10H2,1-2H3. The first-order valence-corrected chi connectivity index (χ1v) is 4.42. The van der Waals surface area contributed by atoms with Crippen LogP contribution in [0.5, 0.6) is 0 Å². The van der Waals surface area contributed by atoms with Crippen LogP contribution in [0, 0.1) is 5.92 Å². The number of aromatic nitrogens is 2. The van der Waals surface area contributed by atoms with E-state index in [-0.39, 0.29) is 11.8 Å². The topological polar surface area (TPSA) is 60.9 Å². The smallest absolute Gasteiger partial charge is 0.234 e. The van der Waals surface area contributed by atoms with E-state index in [1.165, 1.54) is 4.57 Å². The lowest BCUT2D eigenvalue weighted by Gasteiger charge is -2.02. The average molecular weight is 181 g/mol. The number of imidazole rings is 1. The molecule has 0 bridgehead atoms. The highest BCUT2D eigenvalue weighted by atomic mass is 16.2. The van der Waals surface area contributed by atoms with Crippen LogP contribution in [-0.2, 0) is 6.42 Å². The Kier molecular flexibility index (Phi) is 3.19. The molecule has 1 aromatic heterocycles. The quantitative estimate of drug-likeness (QED) is 0.746. The van der Waals surface area contributed by atoms with E-state index in [1.54, 1.807) is 12.5 Å². The van der Waals surface area contributed by atoms with Gasteiger partial charge in [0.05, 0.1) is 5.69 Å². The largest absolute Gasteiger partial charge is 0.330 e. The number of carbonyl (C=O) groups excluding carboxylic acids is 1. The molecule has 0 aliphatic carbocycles. The van der Waals surface area contributed by atoms with Crippen molar-refractivity contribution in [3.63, 3.8) is 0 Å². The van der Waals surface area contributed by atoms with Crippen LogP contribution in [0.1, 0.15) is 24.3 Å². The van der Waals surface area contributed by atoms with Gasteiger partial charge in [-0.2, -0.15) is 0 Å². The zero-order chi connectivity index (χ0) is 9.84. The highest BCUT2D eigenvalue weighted by Crippen LogP contribution is 2.02. The van der Waals surface area contributed by atoms with Gasteiger partial charge in [-0.05, 0) is 6.54 Å². The summed E-state index contributed by atoms with van der Waals surface area (Å²) in [7, 11) is 0. The minimum absolute atomic E-state index is 0.0000680. The van der Waals surface area contributed by atoms with Crippen LogP contribution in [0.4, 0.5) is 0 Å². The molecular weight excluding hydrogens is 166 g/mol. The van der Waals surface area contributed by atoms with Crippen molar-refractivity contribution in [2.24, 2.45) is 11.7 Å². The maximum atomic E-state index is 11.5. The summed E-state index contributed by atoms with van der Waals surface area (Å²) in [5.74, 6) is 0.0655. The third-order valence-electron chi connectivity index (χ3n) is 1.78. The normalized spacial score (nSPS) is 10.8. The van der Waals surface area contributed by atoms with Crippen LogP contribution < -0.4 is 5.73 Å². The number of rotatable bonds is 3. The molecule has 1 aromatic rings. The molecule has 0 atom stereocenters. The molecule has 0 saturated heterocycles. The zero-order valence-electron chi connectivity index (χ0n) is 8.03. The minimum Gasteiger partial charge on any atom is -0.330 e. The van der Waals surface area contributed by atoms with E-state index in [4.69, 9.17) is 5.73 Å². The van der Waals surface area contributed by atoms with Crippen LogP contribution in [0.15, 0.2) is 12.5 Å². The Morgan fingerprint density at radius 3 is 2.92 bits per heavy atom. The second kappa shape index (κ2) is 4.18. The van der Waals surface area contributed by atoms with Crippen molar-refractivity contribution in [2.75, 3.05) is 6.54 Å². The van der Waals surface area contributed by atoms with Gasteiger partial charge in [0.25, 0.3) is 0 Å². The average Bonchev–Trinajstić information content (AvgIpc) is 2.52. The number of carbonyl (C=O) groups is 1. The highest BCUT2D eigenvalue weighted by Gasteiger charge is 2.09. The summed E-state index contributed by atoms with van der Waals surface area (Å²) in [5.41, 5.74) is 6.24. The summed E-state index contributed by atoms with van der Waals surface area (Å²) in [4.78, 5) is 15.5. The molecule has 0 aliphatic heterocycles. The van der Waals surface area contributed by atoms with E-state index < -0.39 is 0 Å². The second-order valence-electron chi connectivity index (χ2n) is 3.30. The Balaban J connectivity index is 2.73. The van der Waals surface area contributed by atoms with Crippen LogP contribution in [0.2, 0.25) is 0 Å². The van der Waals surface area contributed by atoms with Gasteiger partial charge in [0.2, 0.25) is 5.91 Å². The van der Waals surface area contributed by atoms with E-state index in [1.807, 2.05) is 13.8 Å². The molecule has 2 N–H and O–H groups in total. The van der Waals surface area contributed by atoms with E-state index in [9.17, 15) is 4.79 Å². The first-order chi connectivity index (χ1) is 6.15. The summed E-state index contributed by atoms with van der Waals surface area (Å²) in [6.45, 7) is 4.29. The number of nitrogens with zero attached hydrogens (tertiary/aromatic N) is 2. The predicted octanol–water partition coefficient (Wildman–Crippen LogP) is 0.680. The van der Waals surface area contributed by atoms with Gasteiger partial charge in [0.15, 0.2) is 0 Å². The fraction of sp³-hybridized carbons (Fsp3) is 0.556. The van der Waals surface area contributed by atoms with Crippen LogP contribution in [-0.4, -0.2) is 22.0 Å². The van der Waals surface area contributed by atoms with Gasteiger partial charge in [0, 0.05) is 18.5 Å². The molecule has 13 heavy (non-hydrogen) atoms. The van der Waals surface area contributed by atoms with Crippen LogP contribution in [0.25, 0.3) is 0 Å². The molecule has 4 heteroatoms.